The van der Waals surface area contributed by atoms with Crippen molar-refractivity contribution >= 4 is 23.1 Å². The van der Waals surface area contributed by atoms with Crippen LogP contribution in [-0.4, -0.2) is 23.1 Å². The molecule has 0 aliphatic rings. The van der Waals surface area contributed by atoms with E-state index in [-0.39, 0.29) is 41.3 Å². The van der Waals surface area contributed by atoms with Crippen molar-refractivity contribution in [1.82, 2.24) is 0 Å². The van der Waals surface area contributed by atoms with E-state index in [1.807, 2.05) is 0 Å². The molecule has 0 unspecified atom stereocenters. The summed E-state index contributed by atoms with van der Waals surface area (Å²) in [4.78, 5) is 0. The molecule has 0 saturated carbocycles. The van der Waals surface area contributed by atoms with Gasteiger partial charge in [-0.2, -0.15) is 18.2 Å². The van der Waals surface area contributed by atoms with E-state index in [0.717, 1.165) is 0 Å². The first-order chi connectivity index (χ1) is 3.39. The number of benzene rings is 1. The van der Waals surface area contributed by atoms with Crippen LogP contribution in [0, 0.1) is 11.9 Å². The third kappa shape index (κ3) is 4.69. The maximum Gasteiger partial charge on any atom is 2.00 e. The van der Waals surface area contributed by atoms with E-state index in [0.29, 0.717) is 0 Å². The number of halogens is 2. The predicted molar refractivity (Wildman–Crippen MR) is 31.0 cm³/mol. The van der Waals surface area contributed by atoms with Gasteiger partial charge in [-0.3, -0.25) is 4.39 Å². The molecule has 0 N–H and O–H groups in total. The van der Waals surface area contributed by atoms with Crippen LogP contribution in [0.3, 0.4) is 0 Å². The Labute approximate surface area is 76.0 Å². The Hall–Kier alpha value is 0.206. The standard InChI is InChI=1S/C6H4F.ClH.Mg/c7-6-4-2-1-3-5-6;;/h1-2,4-5H;1H;/q-1;;+2/p-1. The Morgan fingerprint density at radius 3 is 2.33 bits per heavy atom. The maximum absolute atomic E-state index is 11.9. The Morgan fingerprint density at radius 1 is 1.44 bits per heavy atom. The molecule has 0 radical (unpaired) electrons. The maximum atomic E-state index is 11.9. The predicted octanol–water partition coefficient (Wildman–Crippen LogP) is -1.75. The van der Waals surface area contributed by atoms with Crippen LogP contribution in [0.4, 0.5) is 4.39 Å². The molecule has 0 heterocycles. The number of rotatable bonds is 0. The van der Waals surface area contributed by atoms with Gasteiger partial charge in [0.25, 0.3) is 0 Å². The van der Waals surface area contributed by atoms with Gasteiger partial charge in [0, 0.05) is 5.82 Å². The molecule has 0 aliphatic heterocycles. The monoisotopic (exact) mass is 154 g/mol. The van der Waals surface area contributed by atoms with Crippen molar-refractivity contribution in [2.75, 3.05) is 0 Å². The molecular formula is C6H4ClFMg. The molecule has 0 amide bonds. The van der Waals surface area contributed by atoms with Crippen molar-refractivity contribution in [2.45, 2.75) is 0 Å². The van der Waals surface area contributed by atoms with Crippen LogP contribution in [-0.2, 0) is 0 Å². The van der Waals surface area contributed by atoms with Crippen molar-refractivity contribution in [3.63, 3.8) is 0 Å². The topological polar surface area (TPSA) is 0 Å². The van der Waals surface area contributed by atoms with Gasteiger partial charge in [0.15, 0.2) is 0 Å². The third-order valence-electron chi connectivity index (χ3n) is 0.669. The van der Waals surface area contributed by atoms with Crippen molar-refractivity contribution in [3.8, 4) is 0 Å². The van der Waals surface area contributed by atoms with Crippen LogP contribution < -0.4 is 12.4 Å². The second-order valence-electron chi connectivity index (χ2n) is 1.22. The molecule has 9 heavy (non-hydrogen) atoms. The van der Waals surface area contributed by atoms with Gasteiger partial charge in [-0.05, 0) is 0 Å². The third-order valence-corrected chi connectivity index (χ3v) is 0.669. The van der Waals surface area contributed by atoms with E-state index in [1.54, 1.807) is 12.1 Å². The average molecular weight is 155 g/mol. The van der Waals surface area contributed by atoms with Crippen LogP contribution in [0.5, 0.6) is 0 Å². The summed E-state index contributed by atoms with van der Waals surface area (Å²) >= 11 is 0. The fourth-order valence-corrected chi connectivity index (χ4v) is 0.371. The first-order valence-electron chi connectivity index (χ1n) is 2.01. The van der Waals surface area contributed by atoms with E-state index in [2.05, 4.69) is 6.07 Å². The Bertz CT molecular complexity index is 143. The molecule has 1 aromatic rings. The minimum Gasteiger partial charge on any atom is -1.00 e. The molecule has 44 valence electrons. The number of hydrogen-bond donors (Lipinski definition) is 0. The van der Waals surface area contributed by atoms with Crippen LogP contribution in [0.25, 0.3) is 0 Å². The molecule has 0 bridgehead atoms. The summed E-state index contributed by atoms with van der Waals surface area (Å²) in [5.74, 6) is -0.234. The van der Waals surface area contributed by atoms with Crippen molar-refractivity contribution in [1.29, 1.82) is 0 Å². The zero-order valence-electron chi connectivity index (χ0n) is 4.77. The Morgan fingerprint density at radius 2 is 2.11 bits per heavy atom. The Kier molecular flexibility index (Phi) is 8.39. The fraction of sp³-hybridized carbons (Fsp3) is 0. The summed E-state index contributed by atoms with van der Waals surface area (Å²) in [6.45, 7) is 0. The molecule has 0 aliphatic carbocycles. The summed E-state index contributed by atoms with van der Waals surface area (Å²) in [7, 11) is 0. The second-order valence-corrected chi connectivity index (χ2v) is 1.22. The van der Waals surface area contributed by atoms with Crippen LogP contribution in [0.15, 0.2) is 24.3 Å². The fourth-order valence-electron chi connectivity index (χ4n) is 0.371. The smallest absolute Gasteiger partial charge is 1.00 e. The molecule has 0 atom stereocenters. The largest absolute Gasteiger partial charge is 2.00 e. The van der Waals surface area contributed by atoms with E-state index in [4.69, 9.17) is 0 Å². The van der Waals surface area contributed by atoms with E-state index < -0.39 is 0 Å². The molecule has 3 heteroatoms. The molecule has 1 aromatic carbocycles. The van der Waals surface area contributed by atoms with E-state index in [1.165, 1.54) is 12.1 Å². The van der Waals surface area contributed by atoms with Gasteiger partial charge in [0.05, 0.1) is 0 Å². The van der Waals surface area contributed by atoms with Crippen LogP contribution in [0.1, 0.15) is 0 Å². The van der Waals surface area contributed by atoms with Gasteiger partial charge in [0.2, 0.25) is 0 Å². The zero-order valence-corrected chi connectivity index (χ0v) is 6.94. The van der Waals surface area contributed by atoms with Crippen LogP contribution in [0.2, 0.25) is 0 Å². The summed E-state index contributed by atoms with van der Waals surface area (Å²) in [5.41, 5.74) is 0. The summed E-state index contributed by atoms with van der Waals surface area (Å²) in [5, 5.41) is 0. The summed E-state index contributed by atoms with van der Waals surface area (Å²) in [6, 6.07) is 8.53. The van der Waals surface area contributed by atoms with Crippen molar-refractivity contribution in [2.24, 2.45) is 0 Å². The van der Waals surface area contributed by atoms with Gasteiger partial charge in [-0.1, -0.05) is 0 Å². The van der Waals surface area contributed by atoms with Crippen LogP contribution >= 0.6 is 0 Å². The second kappa shape index (κ2) is 6.33. The molecular weight excluding hydrogens is 151 g/mol. The molecule has 0 fully saturated rings. The summed E-state index contributed by atoms with van der Waals surface area (Å²) in [6.07, 6.45) is 0. The molecule has 0 aromatic heterocycles. The first-order valence-corrected chi connectivity index (χ1v) is 2.01. The molecule has 0 spiro atoms. The normalized spacial score (nSPS) is 6.78. The van der Waals surface area contributed by atoms with Gasteiger partial charge in [-0.25, -0.2) is 0 Å². The zero-order chi connectivity index (χ0) is 5.11. The van der Waals surface area contributed by atoms with Gasteiger partial charge in [-0.15, -0.1) is 12.1 Å². The van der Waals surface area contributed by atoms with Gasteiger partial charge >= 0.3 is 23.1 Å². The van der Waals surface area contributed by atoms with E-state index >= 15 is 0 Å². The molecule has 0 nitrogen and oxygen atoms in total. The van der Waals surface area contributed by atoms with Gasteiger partial charge < -0.3 is 12.4 Å². The van der Waals surface area contributed by atoms with E-state index in [9.17, 15) is 4.39 Å². The molecule has 0 saturated heterocycles. The van der Waals surface area contributed by atoms with Crippen molar-refractivity contribution < 1.29 is 16.8 Å². The minimum absolute atomic E-state index is 0. The van der Waals surface area contributed by atoms with Crippen molar-refractivity contribution in [3.05, 3.63) is 36.1 Å². The summed E-state index contributed by atoms with van der Waals surface area (Å²) < 4.78 is 11.9. The minimum atomic E-state index is -0.234. The first kappa shape index (κ1) is 11.9. The van der Waals surface area contributed by atoms with Gasteiger partial charge in [0.1, 0.15) is 0 Å². The Balaban J connectivity index is 0. The number of hydrogen-bond acceptors (Lipinski definition) is 0. The average Bonchev–Trinajstić information content (AvgIpc) is 1.69. The molecule has 1 rings (SSSR count). The quantitative estimate of drug-likeness (QED) is 0.307. The SMILES string of the molecule is Fc1c[c-]ccc1.[Cl-].[Mg+2].